The Morgan fingerprint density at radius 3 is 1.21 bits per heavy atom. The van der Waals surface area contributed by atoms with E-state index in [-0.39, 0.29) is 54.4 Å². The third-order valence-electron chi connectivity index (χ3n) is 17.2. The molecular formula is C71H110N2O14Si2. The summed E-state index contributed by atoms with van der Waals surface area (Å²) in [5.41, 5.74) is 1.72. The molecule has 2 saturated heterocycles. The number of amides is 3. The van der Waals surface area contributed by atoms with E-state index in [9.17, 15) is 24.0 Å². The summed E-state index contributed by atoms with van der Waals surface area (Å²) in [5, 5.41) is 7.31. The van der Waals surface area contributed by atoms with Crippen LogP contribution in [0.1, 0.15) is 170 Å². The minimum atomic E-state index is -2.48. The Morgan fingerprint density at radius 2 is 0.843 bits per heavy atom. The van der Waals surface area contributed by atoms with Crippen LogP contribution in [0.4, 0.5) is 14.4 Å². The van der Waals surface area contributed by atoms with Crippen LogP contribution in [0.5, 0.6) is 0 Å². The minimum absolute atomic E-state index is 0.00926. The third kappa shape index (κ3) is 19.6. The van der Waals surface area contributed by atoms with Crippen molar-refractivity contribution in [1.29, 1.82) is 0 Å². The highest BCUT2D eigenvalue weighted by Crippen LogP contribution is 2.47. The molecule has 2 aliphatic rings. The summed E-state index contributed by atoms with van der Waals surface area (Å²) < 4.78 is 56.1. The molecular weight excluding hydrogens is 1160 g/mol. The molecule has 1 N–H and O–H groups in total. The lowest BCUT2D eigenvalue weighted by Gasteiger charge is -2.47. The topological polar surface area (TPSA) is 184 Å². The molecule has 2 fully saturated rings. The Hall–Kier alpha value is -5.38. The number of imide groups is 1. The van der Waals surface area contributed by atoms with E-state index in [1.807, 2.05) is 32.0 Å². The van der Waals surface area contributed by atoms with Crippen LogP contribution >= 0.6 is 0 Å². The number of nitrogens with one attached hydrogen (secondary N) is 1. The van der Waals surface area contributed by atoms with Crippen molar-refractivity contribution in [3.8, 4) is 0 Å². The number of hydrogen-bond donors (Lipinski definition) is 1. The van der Waals surface area contributed by atoms with Gasteiger partial charge < -0.3 is 47.3 Å². The molecule has 0 bridgehead atoms. The first kappa shape index (κ1) is 74.4. The maximum absolute atomic E-state index is 14.1. The van der Waals surface area contributed by atoms with E-state index in [2.05, 4.69) is 155 Å². The zero-order valence-corrected chi connectivity index (χ0v) is 60.1. The molecule has 18 heteroatoms. The van der Waals surface area contributed by atoms with Crippen molar-refractivity contribution in [3.05, 3.63) is 96.1 Å². The number of fused-ring (bicyclic) bond motifs is 2. The second-order valence-electron chi connectivity index (χ2n) is 29.4. The molecule has 2 heterocycles. The van der Waals surface area contributed by atoms with Gasteiger partial charge in [0.15, 0.2) is 12.1 Å². The summed E-state index contributed by atoms with van der Waals surface area (Å²) in [6.07, 6.45) is -3.55. The first-order chi connectivity index (χ1) is 41.3. The molecule has 0 radical (unpaired) electrons. The van der Waals surface area contributed by atoms with Crippen molar-refractivity contribution >= 4 is 68.4 Å². The monoisotopic (exact) mass is 1270 g/mol. The lowest BCUT2D eigenvalue weighted by atomic mass is 9.89. The van der Waals surface area contributed by atoms with Gasteiger partial charge in [-0.15, -0.1) is 0 Å². The number of hydrogen-bond acceptors (Lipinski definition) is 14. The molecule has 6 rings (SSSR count). The van der Waals surface area contributed by atoms with Crippen LogP contribution in [0.2, 0.25) is 33.2 Å². The maximum atomic E-state index is 14.1. The highest BCUT2D eigenvalue weighted by molar-refractivity contribution is 6.78. The summed E-state index contributed by atoms with van der Waals surface area (Å²) in [6, 6.07) is 26.9. The van der Waals surface area contributed by atoms with Crippen LogP contribution in [-0.4, -0.2) is 131 Å². The molecule has 2 aliphatic heterocycles. The van der Waals surface area contributed by atoms with Gasteiger partial charge in [-0.05, 0) is 155 Å². The van der Waals surface area contributed by atoms with E-state index in [0.717, 1.165) is 16.3 Å². The number of cyclic esters (lactones) is 2. The number of ether oxygens (including phenoxy) is 7. The number of nitrogens with zero attached hydrogens (tertiary/aromatic N) is 1. The van der Waals surface area contributed by atoms with Crippen LogP contribution < -0.4 is 5.32 Å². The van der Waals surface area contributed by atoms with E-state index in [1.165, 1.54) is 16.3 Å². The highest BCUT2D eigenvalue weighted by Gasteiger charge is 2.52. The van der Waals surface area contributed by atoms with Gasteiger partial charge in [0.25, 0.3) is 0 Å². The molecule has 0 aliphatic carbocycles. The predicted octanol–water partition coefficient (Wildman–Crippen LogP) is 16.5. The fourth-order valence-electron chi connectivity index (χ4n) is 13.6. The summed E-state index contributed by atoms with van der Waals surface area (Å²) in [6.45, 7) is 46.4. The number of rotatable bonds is 16. The zero-order chi connectivity index (χ0) is 66.7. The zero-order valence-electron chi connectivity index (χ0n) is 58.1. The van der Waals surface area contributed by atoms with Crippen LogP contribution in [0, 0.1) is 11.8 Å². The average molecular weight is 1270 g/mol. The minimum Gasteiger partial charge on any atom is -0.458 e. The van der Waals surface area contributed by atoms with Gasteiger partial charge in [0.1, 0.15) is 29.0 Å². The van der Waals surface area contributed by atoms with Crippen LogP contribution in [-0.2, 0) is 64.4 Å². The maximum Gasteiger partial charge on any atom is 0.420 e. The normalized spacial score (nSPS) is 22.1. The lowest BCUT2D eigenvalue weighted by Crippen LogP contribution is -2.56. The first-order valence-electron chi connectivity index (χ1n) is 32.4. The molecule has 0 unspecified atom stereocenters. The quantitative estimate of drug-likeness (QED) is 0.0635. The molecule has 8 atom stereocenters. The second-order valence-corrected chi connectivity index (χ2v) is 40.2. The predicted molar refractivity (Wildman–Crippen MR) is 358 cm³/mol. The molecule has 4 aromatic carbocycles. The number of alkyl carbamates (subject to hydrolysis) is 1. The van der Waals surface area contributed by atoms with Gasteiger partial charge in [0.05, 0.1) is 38.6 Å². The Bertz CT molecular complexity index is 2900. The van der Waals surface area contributed by atoms with Crippen LogP contribution in [0.15, 0.2) is 84.9 Å². The summed E-state index contributed by atoms with van der Waals surface area (Å²) in [4.78, 5) is 67.7. The van der Waals surface area contributed by atoms with Gasteiger partial charge in [-0.3, -0.25) is 0 Å². The van der Waals surface area contributed by atoms with Crippen molar-refractivity contribution in [1.82, 2.24) is 10.2 Å². The molecule has 0 aromatic heterocycles. The molecule has 3 amide bonds. The molecule has 16 nitrogen and oxygen atoms in total. The van der Waals surface area contributed by atoms with Gasteiger partial charge in [0, 0.05) is 11.8 Å². The van der Waals surface area contributed by atoms with Crippen molar-refractivity contribution in [2.24, 2.45) is 11.8 Å². The molecule has 4 aromatic rings. The molecule has 89 heavy (non-hydrogen) atoms. The second kappa shape index (κ2) is 31.3. The van der Waals surface area contributed by atoms with E-state index in [0.29, 0.717) is 41.0 Å². The van der Waals surface area contributed by atoms with E-state index < -0.39 is 94.1 Å². The van der Waals surface area contributed by atoms with Gasteiger partial charge in [-0.1, -0.05) is 168 Å². The average Bonchev–Trinajstić information content (AvgIpc) is 2.04. The van der Waals surface area contributed by atoms with Gasteiger partial charge in [0.2, 0.25) is 16.6 Å². The Kier molecular flexibility index (Phi) is 26.1. The van der Waals surface area contributed by atoms with Crippen molar-refractivity contribution in [2.45, 2.75) is 259 Å². The van der Waals surface area contributed by atoms with E-state index in [1.54, 1.807) is 62.3 Å². The van der Waals surface area contributed by atoms with Gasteiger partial charge in [-0.25, -0.2) is 24.0 Å². The van der Waals surface area contributed by atoms with Crippen LogP contribution in [0.25, 0.3) is 21.5 Å². The van der Waals surface area contributed by atoms with E-state index >= 15 is 0 Å². The lowest BCUT2D eigenvalue weighted by molar-refractivity contribution is -0.160. The summed E-state index contributed by atoms with van der Waals surface area (Å²) in [7, 11) is -4.83. The van der Waals surface area contributed by atoms with Crippen molar-refractivity contribution < 1.29 is 66.0 Å². The van der Waals surface area contributed by atoms with Gasteiger partial charge >= 0.3 is 30.2 Å². The fourth-order valence-corrected chi connectivity index (χ4v) is 25.0. The van der Waals surface area contributed by atoms with E-state index in [4.69, 9.17) is 42.0 Å². The van der Waals surface area contributed by atoms with Crippen LogP contribution in [0.3, 0.4) is 0 Å². The SMILES string of the molecule is CC(C)[Si](O[C@@H]1[C@@H](Cc2cccc3ccccc23)COC[C@H](N(C(=O)OC(C)(C)C)C(=O)OC(C)(C)C)C(=O)O[C@H]1C)(C(C)C)C(C)C.CC(C)[Si](O[C@@H]1[C@@H](Cc2cccc3ccccc23)COC[C@H](NC(=O)OC(C)(C)C)C(=O)O[C@H]1C)(C(C)C)C(C)C. The third-order valence-corrected chi connectivity index (χ3v) is 29.4. The van der Waals surface area contributed by atoms with Crippen molar-refractivity contribution in [3.63, 3.8) is 0 Å². The number of benzene rings is 4. The van der Waals surface area contributed by atoms with Gasteiger partial charge in [-0.2, -0.15) is 4.90 Å². The largest absolute Gasteiger partial charge is 0.458 e. The number of carbonyl (C=O) groups is 5. The highest BCUT2D eigenvalue weighted by atomic mass is 28.4. The fraction of sp³-hybridized carbons (Fsp3) is 0.648. The number of esters is 2. The smallest absolute Gasteiger partial charge is 0.420 e. The Morgan fingerprint density at radius 1 is 0.494 bits per heavy atom. The van der Waals surface area contributed by atoms with Crippen molar-refractivity contribution in [2.75, 3.05) is 26.4 Å². The summed E-state index contributed by atoms with van der Waals surface area (Å²) >= 11 is 0. The first-order valence-corrected chi connectivity index (χ1v) is 36.7. The summed E-state index contributed by atoms with van der Waals surface area (Å²) in [5.74, 6) is -1.62. The molecule has 0 spiro atoms. The number of carbonyl (C=O) groups excluding carboxylic acids is 5. The Labute approximate surface area is 535 Å². The molecule has 496 valence electrons. The Balaban J connectivity index is 0.000000328. The molecule has 0 saturated carbocycles. The standard InChI is InChI=1S/C38H59NO8Si.C33H51NO6Si/c1-24(2)48(25(3)4,26(5)6)47-33-27(7)44-34(40)32(39(35(41)45-37(8,9)10)36(42)46-38(11,12)13)23-43-22-30(33)21-29-19-16-18-28-17-14-15-20-31(28)29;1-21(2)41(22(3)4,23(5)6)40-30-24(7)38-31(35)29(34-32(36)39-33(8,9)10)20-37-19-27(30)18-26-16-13-15-25-14-11-12-17-28(25)26/h14-20,24-27,30,32-33H,21-23H2,1-13H3;11-17,21-24,27,29-30H,18-20H2,1-10H3,(H,34,36)/t27-,30-,32-,33-;24-,27-,29-,30-/m00/s1.